The zero-order chi connectivity index (χ0) is 12.3. The zero-order valence-electron chi connectivity index (χ0n) is 10.00. The van der Waals surface area contributed by atoms with Crippen molar-refractivity contribution in [2.75, 3.05) is 7.11 Å². The Balaban J connectivity index is 2.40. The molecule has 2 heterocycles. The van der Waals surface area contributed by atoms with E-state index in [0.29, 0.717) is 5.88 Å². The minimum atomic E-state index is -0.277. The van der Waals surface area contributed by atoms with Gasteiger partial charge in [0.05, 0.1) is 18.8 Å². The Hall–Kier alpha value is -1.88. The van der Waals surface area contributed by atoms with Crippen molar-refractivity contribution in [3.05, 3.63) is 41.9 Å². The summed E-state index contributed by atoms with van der Waals surface area (Å²) in [5, 5.41) is 4.21. The fourth-order valence-electron chi connectivity index (χ4n) is 1.84. The summed E-state index contributed by atoms with van der Waals surface area (Å²) in [7, 11) is 1.59. The van der Waals surface area contributed by atoms with Gasteiger partial charge < -0.3 is 10.5 Å². The average molecular weight is 232 g/mol. The van der Waals surface area contributed by atoms with Crippen LogP contribution in [0, 0.1) is 0 Å². The Labute approximate surface area is 100 Å². The number of nitrogens with zero attached hydrogens (tertiary/aromatic N) is 3. The lowest BCUT2D eigenvalue weighted by Crippen LogP contribution is -2.18. The third-order valence-electron chi connectivity index (χ3n) is 2.70. The first-order valence-corrected chi connectivity index (χ1v) is 5.54. The second-order valence-corrected chi connectivity index (χ2v) is 3.65. The van der Waals surface area contributed by atoms with Crippen molar-refractivity contribution >= 4 is 0 Å². The fourth-order valence-corrected chi connectivity index (χ4v) is 1.84. The van der Waals surface area contributed by atoms with E-state index < -0.39 is 0 Å². The Morgan fingerprint density at radius 3 is 2.94 bits per heavy atom. The van der Waals surface area contributed by atoms with Gasteiger partial charge in [-0.2, -0.15) is 5.10 Å². The van der Waals surface area contributed by atoms with Crippen molar-refractivity contribution in [2.24, 2.45) is 5.73 Å². The van der Waals surface area contributed by atoms with Crippen molar-refractivity contribution in [1.29, 1.82) is 0 Å². The first-order valence-electron chi connectivity index (χ1n) is 5.54. The molecule has 0 aliphatic rings. The molecule has 1 atom stereocenters. The Morgan fingerprint density at radius 2 is 2.24 bits per heavy atom. The third-order valence-corrected chi connectivity index (χ3v) is 2.70. The molecule has 5 heteroatoms. The number of ether oxygens (including phenoxy) is 1. The molecule has 0 spiro atoms. The van der Waals surface area contributed by atoms with E-state index in [1.54, 1.807) is 19.5 Å². The lowest BCUT2D eigenvalue weighted by atomic mass is 10.1. The van der Waals surface area contributed by atoms with E-state index in [1.807, 2.05) is 29.8 Å². The van der Waals surface area contributed by atoms with Gasteiger partial charge in [0.15, 0.2) is 0 Å². The van der Waals surface area contributed by atoms with E-state index >= 15 is 0 Å². The molecule has 90 valence electrons. The van der Waals surface area contributed by atoms with Gasteiger partial charge in [-0.05, 0) is 19.1 Å². The van der Waals surface area contributed by atoms with Crippen LogP contribution in [0.2, 0.25) is 0 Å². The number of methoxy groups -OCH3 is 1. The predicted molar refractivity (Wildman–Crippen MR) is 64.7 cm³/mol. The van der Waals surface area contributed by atoms with Crippen molar-refractivity contribution in [3.8, 4) is 5.88 Å². The maximum atomic E-state index is 6.23. The summed E-state index contributed by atoms with van der Waals surface area (Å²) in [5.74, 6) is 0.559. The molecule has 2 N–H and O–H groups in total. The van der Waals surface area contributed by atoms with Gasteiger partial charge in [-0.1, -0.05) is 6.07 Å². The topological polar surface area (TPSA) is 66.0 Å². The van der Waals surface area contributed by atoms with Crippen LogP contribution in [0.5, 0.6) is 5.88 Å². The van der Waals surface area contributed by atoms with Crippen LogP contribution in [-0.2, 0) is 6.54 Å². The fraction of sp³-hybridized carbons (Fsp3) is 0.333. The molecule has 0 saturated heterocycles. The monoisotopic (exact) mass is 232 g/mol. The van der Waals surface area contributed by atoms with Crippen LogP contribution in [0.4, 0.5) is 0 Å². The molecule has 2 aromatic rings. The van der Waals surface area contributed by atoms with Crippen LogP contribution in [0.25, 0.3) is 0 Å². The highest BCUT2D eigenvalue weighted by Crippen LogP contribution is 2.25. The Kier molecular flexibility index (Phi) is 3.39. The summed E-state index contributed by atoms with van der Waals surface area (Å²) < 4.78 is 7.09. The van der Waals surface area contributed by atoms with Crippen LogP contribution in [0.15, 0.2) is 30.6 Å². The molecule has 0 amide bonds. The van der Waals surface area contributed by atoms with Crippen LogP contribution in [0.3, 0.4) is 0 Å². The molecule has 5 nitrogen and oxygen atoms in total. The standard InChI is InChI=1S/C12H16N4O/c1-3-16-10(6-8-15-16)11(13)9-5-4-7-14-12(9)17-2/h4-8,11H,3,13H2,1-2H3. The van der Waals surface area contributed by atoms with E-state index in [1.165, 1.54) is 0 Å². The predicted octanol–water partition coefficient (Wildman–Crippen LogP) is 1.35. The van der Waals surface area contributed by atoms with Crippen LogP contribution in [-0.4, -0.2) is 21.9 Å². The Bertz CT molecular complexity index is 495. The first kappa shape index (κ1) is 11.6. The number of rotatable bonds is 4. The normalized spacial score (nSPS) is 12.4. The van der Waals surface area contributed by atoms with Crippen molar-refractivity contribution in [3.63, 3.8) is 0 Å². The van der Waals surface area contributed by atoms with E-state index in [0.717, 1.165) is 17.8 Å². The third kappa shape index (κ3) is 2.14. The van der Waals surface area contributed by atoms with Crippen molar-refractivity contribution in [1.82, 2.24) is 14.8 Å². The van der Waals surface area contributed by atoms with E-state index in [-0.39, 0.29) is 6.04 Å². The van der Waals surface area contributed by atoms with E-state index in [2.05, 4.69) is 10.1 Å². The number of hydrogen-bond donors (Lipinski definition) is 1. The second-order valence-electron chi connectivity index (χ2n) is 3.65. The number of nitrogens with two attached hydrogens (primary N) is 1. The molecule has 0 aromatic carbocycles. The highest BCUT2D eigenvalue weighted by molar-refractivity contribution is 5.34. The summed E-state index contributed by atoms with van der Waals surface area (Å²) in [6, 6.07) is 5.41. The molecule has 2 rings (SSSR count). The molecule has 1 unspecified atom stereocenters. The summed E-state index contributed by atoms with van der Waals surface area (Å²) in [6.45, 7) is 2.82. The second kappa shape index (κ2) is 4.97. The van der Waals surface area contributed by atoms with Gasteiger partial charge in [0.25, 0.3) is 0 Å². The maximum Gasteiger partial charge on any atom is 0.218 e. The maximum absolute atomic E-state index is 6.23. The van der Waals surface area contributed by atoms with Crippen LogP contribution in [0.1, 0.15) is 24.2 Å². The highest BCUT2D eigenvalue weighted by Gasteiger charge is 2.17. The molecular formula is C12H16N4O. The zero-order valence-corrected chi connectivity index (χ0v) is 10.00. The van der Waals surface area contributed by atoms with Gasteiger partial charge in [-0.3, -0.25) is 4.68 Å². The molecule has 0 aliphatic heterocycles. The molecule has 17 heavy (non-hydrogen) atoms. The van der Waals surface area contributed by atoms with Crippen LogP contribution < -0.4 is 10.5 Å². The molecule has 0 fully saturated rings. The van der Waals surface area contributed by atoms with Gasteiger partial charge in [0.2, 0.25) is 5.88 Å². The van der Waals surface area contributed by atoms with Gasteiger partial charge in [0.1, 0.15) is 0 Å². The van der Waals surface area contributed by atoms with Gasteiger partial charge >= 0.3 is 0 Å². The Morgan fingerprint density at radius 1 is 1.41 bits per heavy atom. The SMILES string of the molecule is CCn1nccc1C(N)c1cccnc1OC. The molecule has 0 bridgehead atoms. The van der Waals surface area contributed by atoms with Gasteiger partial charge in [-0.15, -0.1) is 0 Å². The number of pyridine rings is 1. The van der Waals surface area contributed by atoms with Crippen molar-refractivity contribution < 1.29 is 4.74 Å². The van der Waals surface area contributed by atoms with Gasteiger partial charge in [0, 0.05) is 24.5 Å². The molecule has 0 radical (unpaired) electrons. The minimum absolute atomic E-state index is 0.277. The lowest BCUT2D eigenvalue weighted by Gasteiger charge is -2.15. The summed E-state index contributed by atoms with van der Waals surface area (Å²) in [6.07, 6.45) is 3.44. The quantitative estimate of drug-likeness (QED) is 0.864. The smallest absolute Gasteiger partial charge is 0.218 e. The minimum Gasteiger partial charge on any atom is -0.481 e. The summed E-state index contributed by atoms with van der Waals surface area (Å²) in [5.41, 5.74) is 8.06. The highest BCUT2D eigenvalue weighted by atomic mass is 16.5. The lowest BCUT2D eigenvalue weighted by molar-refractivity contribution is 0.389. The first-order chi connectivity index (χ1) is 8.27. The molecule has 2 aromatic heterocycles. The number of hydrogen-bond acceptors (Lipinski definition) is 4. The molecule has 0 aliphatic carbocycles. The van der Waals surface area contributed by atoms with Crippen molar-refractivity contribution in [2.45, 2.75) is 19.5 Å². The summed E-state index contributed by atoms with van der Waals surface area (Å²) in [4.78, 5) is 4.15. The molecular weight excluding hydrogens is 216 g/mol. The largest absolute Gasteiger partial charge is 0.481 e. The van der Waals surface area contributed by atoms with E-state index in [4.69, 9.17) is 10.5 Å². The average Bonchev–Trinajstić information content (AvgIpc) is 2.86. The van der Waals surface area contributed by atoms with Gasteiger partial charge in [-0.25, -0.2) is 4.98 Å². The van der Waals surface area contributed by atoms with E-state index in [9.17, 15) is 0 Å². The summed E-state index contributed by atoms with van der Waals surface area (Å²) >= 11 is 0. The number of aromatic nitrogens is 3. The van der Waals surface area contributed by atoms with Crippen LogP contribution >= 0.6 is 0 Å². The molecule has 0 saturated carbocycles. The number of aryl methyl sites for hydroxylation is 1.